The number of aliphatic imine (C=N–C) groups is 1. The summed E-state index contributed by atoms with van der Waals surface area (Å²) in [5.74, 6) is -0.791. The highest BCUT2D eigenvalue weighted by Gasteiger charge is 2.12. The van der Waals surface area contributed by atoms with Gasteiger partial charge in [-0.05, 0) is 18.1 Å². The van der Waals surface area contributed by atoms with Crippen LogP contribution in [0, 0.1) is 0 Å². The average Bonchev–Trinajstić information content (AvgIpc) is 2.46. The minimum atomic E-state index is -0.791. The summed E-state index contributed by atoms with van der Waals surface area (Å²) in [4.78, 5) is 14.8. The molecule has 1 aromatic rings. The Labute approximate surface area is 82.1 Å². The fourth-order valence-corrected chi connectivity index (χ4v) is 1.70. The van der Waals surface area contributed by atoms with Crippen molar-refractivity contribution in [1.29, 1.82) is 0 Å². The molecule has 3 nitrogen and oxygen atoms in total. The van der Waals surface area contributed by atoms with Gasteiger partial charge < -0.3 is 5.11 Å². The number of carboxylic acid groups (broad SMARTS) is 1. The van der Waals surface area contributed by atoms with E-state index < -0.39 is 5.97 Å². The molecule has 0 fully saturated rings. The van der Waals surface area contributed by atoms with Crippen molar-refractivity contribution < 1.29 is 9.90 Å². The Morgan fingerprint density at radius 2 is 2.36 bits per heavy atom. The van der Waals surface area contributed by atoms with Gasteiger partial charge in [0.2, 0.25) is 0 Å². The third-order valence-electron chi connectivity index (χ3n) is 2.40. The maximum atomic E-state index is 10.5. The van der Waals surface area contributed by atoms with Crippen LogP contribution in [0.4, 0.5) is 0 Å². The molecule has 1 aliphatic heterocycles. The fourth-order valence-electron chi connectivity index (χ4n) is 1.70. The van der Waals surface area contributed by atoms with Gasteiger partial charge >= 0.3 is 5.97 Å². The van der Waals surface area contributed by atoms with Gasteiger partial charge in [0.1, 0.15) is 0 Å². The van der Waals surface area contributed by atoms with Crippen molar-refractivity contribution in [1.82, 2.24) is 0 Å². The second kappa shape index (κ2) is 3.25. The molecule has 0 unspecified atom stereocenters. The number of fused-ring (bicyclic) bond motifs is 1. The van der Waals surface area contributed by atoms with Gasteiger partial charge in [-0.3, -0.25) is 9.79 Å². The predicted octanol–water partition coefficient (Wildman–Crippen LogP) is 1.64. The molecule has 1 aromatic carbocycles. The van der Waals surface area contributed by atoms with Gasteiger partial charge in [0.05, 0.1) is 13.0 Å². The van der Waals surface area contributed by atoms with E-state index in [1.807, 2.05) is 25.1 Å². The van der Waals surface area contributed by atoms with Crippen molar-refractivity contribution in [3.63, 3.8) is 0 Å². The molecule has 1 aliphatic rings. The molecule has 14 heavy (non-hydrogen) atoms. The summed E-state index contributed by atoms with van der Waals surface area (Å²) >= 11 is 0. The van der Waals surface area contributed by atoms with Crippen LogP contribution < -0.4 is 0 Å². The Morgan fingerprint density at radius 3 is 3.07 bits per heavy atom. The molecular formula is C11H11NO2. The molecule has 3 heteroatoms. The molecule has 0 aliphatic carbocycles. The van der Waals surface area contributed by atoms with E-state index in [9.17, 15) is 4.79 Å². The van der Waals surface area contributed by atoms with Crippen molar-refractivity contribution in [2.75, 3.05) is 0 Å². The van der Waals surface area contributed by atoms with Crippen LogP contribution >= 0.6 is 0 Å². The lowest BCUT2D eigenvalue weighted by Crippen LogP contribution is -2.01. The molecule has 2 rings (SSSR count). The van der Waals surface area contributed by atoms with Crippen LogP contribution in [0.3, 0.4) is 0 Å². The number of carboxylic acids is 1. The number of carbonyl (C=O) groups is 1. The molecule has 0 aromatic heterocycles. The zero-order chi connectivity index (χ0) is 10.1. The summed E-state index contributed by atoms with van der Waals surface area (Å²) < 4.78 is 0. The first kappa shape index (κ1) is 8.94. The predicted molar refractivity (Wildman–Crippen MR) is 53.7 cm³/mol. The van der Waals surface area contributed by atoms with Crippen molar-refractivity contribution in [3.05, 3.63) is 34.9 Å². The lowest BCUT2D eigenvalue weighted by atomic mass is 10.0. The molecule has 0 amide bonds. The van der Waals surface area contributed by atoms with Crippen molar-refractivity contribution in [2.24, 2.45) is 4.99 Å². The minimum absolute atomic E-state index is 0.0896. The molecule has 0 bridgehead atoms. The Morgan fingerprint density at radius 1 is 1.57 bits per heavy atom. The van der Waals surface area contributed by atoms with Crippen LogP contribution in [0.1, 0.15) is 23.6 Å². The number of hydrogen-bond acceptors (Lipinski definition) is 2. The summed E-state index contributed by atoms with van der Waals surface area (Å²) in [6.07, 6.45) is 0.0896. The minimum Gasteiger partial charge on any atom is -0.481 e. The van der Waals surface area contributed by atoms with E-state index in [4.69, 9.17) is 5.11 Å². The second-order valence-electron chi connectivity index (χ2n) is 3.46. The quantitative estimate of drug-likeness (QED) is 0.768. The van der Waals surface area contributed by atoms with Gasteiger partial charge in [-0.15, -0.1) is 0 Å². The summed E-state index contributed by atoms with van der Waals surface area (Å²) in [7, 11) is 0. The molecule has 72 valence electrons. The maximum absolute atomic E-state index is 10.5. The van der Waals surface area contributed by atoms with E-state index in [0.717, 1.165) is 22.4 Å². The highest BCUT2D eigenvalue weighted by atomic mass is 16.4. The van der Waals surface area contributed by atoms with Gasteiger partial charge in [-0.1, -0.05) is 18.2 Å². The smallest absolute Gasteiger partial charge is 0.307 e. The molecule has 0 saturated heterocycles. The molecule has 0 spiro atoms. The largest absolute Gasteiger partial charge is 0.481 e. The van der Waals surface area contributed by atoms with Crippen molar-refractivity contribution >= 4 is 11.7 Å². The monoisotopic (exact) mass is 189 g/mol. The normalized spacial score (nSPS) is 13.6. The highest BCUT2D eigenvalue weighted by molar-refractivity contribution is 6.02. The molecule has 1 heterocycles. The summed E-state index contributed by atoms with van der Waals surface area (Å²) in [5.41, 5.74) is 4.18. The van der Waals surface area contributed by atoms with Crippen LogP contribution in [-0.2, 0) is 17.8 Å². The SMILES string of the molecule is CC1=NCc2cc(CC(=O)O)ccc21. The molecule has 0 radical (unpaired) electrons. The first-order chi connectivity index (χ1) is 6.66. The molecule has 0 saturated carbocycles. The summed E-state index contributed by atoms with van der Waals surface area (Å²) in [6, 6.07) is 5.75. The van der Waals surface area contributed by atoms with Gasteiger partial charge in [-0.2, -0.15) is 0 Å². The molecule has 0 atom stereocenters. The summed E-state index contributed by atoms with van der Waals surface area (Å²) in [5, 5.41) is 8.64. The zero-order valence-electron chi connectivity index (χ0n) is 7.95. The van der Waals surface area contributed by atoms with Crippen LogP contribution in [0.15, 0.2) is 23.2 Å². The number of nitrogens with zero attached hydrogens (tertiary/aromatic N) is 1. The first-order valence-corrected chi connectivity index (χ1v) is 4.52. The fraction of sp³-hybridized carbons (Fsp3) is 0.273. The lowest BCUT2D eigenvalue weighted by molar-refractivity contribution is -0.136. The van der Waals surface area contributed by atoms with Gasteiger partial charge in [0.25, 0.3) is 0 Å². The van der Waals surface area contributed by atoms with E-state index in [-0.39, 0.29) is 6.42 Å². The summed E-state index contributed by atoms with van der Waals surface area (Å²) in [6.45, 7) is 2.66. The number of rotatable bonds is 2. The van der Waals surface area contributed by atoms with Crippen LogP contribution in [0.5, 0.6) is 0 Å². The second-order valence-corrected chi connectivity index (χ2v) is 3.46. The van der Waals surface area contributed by atoms with Gasteiger partial charge in [0, 0.05) is 11.3 Å². The van der Waals surface area contributed by atoms with Gasteiger partial charge in [-0.25, -0.2) is 0 Å². The third kappa shape index (κ3) is 1.53. The number of benzene rings is 1. The highest BCUT2D eigenvalue weighted by Crippen LogP contribution is 2.20. The van der Waals surface area contributed by atoms with E-state index in [1.165, 1.54) is 0 Å². The standard InChI is InChI=1S/C11H11NO2/c1-7-10-3-2-8(5-11(13)14)4-9(10)6-12-7/h2-4H,5-6H2,1H3,(H,13,14). The third-order valence-corrected chi connectivity index (χ3v) is 2.40. The van der Waals surface area contributed by atoms with E-state index >= 15 is 0 Å². The number of hydrogen-bond donors (Lipinski definition) is 1. The zero-order valence-corrected chi connectivity index (χ0v) is 7.95. The number of aliphatic carboxylic acids is 1. The average molecular weight is 189 g/mol. The van der Waals surface area contributed by atoms with E-state index in [2.05, 4.69) is 4.99 Å². The van der Waals surface area contributed by atoms with Gasteiger partial charge in [0.15, 0.2) is 0 Å². The molecule has 1 N–H and O–H groups in total. The Bertz CT molecular complexity index is 421. The Kier molecular flexibility index (Phi) is 2.08. The Balaban J connectivity index is 2.31. The van der Waals surface area contributed by atoms with Crippen molar-refractivity contribution in [3.8, 4) is 0 Å². The van der Waals surface area contributed by atoms with Crippen LogP contribution in [0.2, 0.25) is 0 Å². The lowest BCUT2D eigenvalue weighted by Gasteiger charge is -2.02. The Hall–Kier alpha value is -1.64. The van der Waals surface area contributed by atoms with E-state index in [1.54, 1.807) is 0 Å². The van der Waals surface area contributed by atoms with Crippen LogP contribution in [-0.4, -0.2) is 16.8 Å². The maximum Gasteiger partial charge on any atom is 0.307 e. The van der Waals surface area contributed by atoms with Crippen molar-refractivity contribution in [2.45, 2.75) is 19.9 Å². The topological polar surface area (TPSA) is 49.7 Å². The van der Waals surface area contributed by atoms with E-state index in [0.29, 0.717) is 6.54 Å². The van der Waals surface area contributed by atoms with Crippen LogP contribution in [0.25, 0.3) is 0 Å². The first-order valence-electron chi connectivity index (χ1n) is 4.52. The molecular weight excluding hydrogens is 178 g/mol.